The van der Waals surface area contributed by atoms with E-state index in [1.165, 1.54) is 84.8 Å². The van der Waals surface area contributed by atoms with Crippen LogP contribution in [0.15, 0.2) is 243 Å². The first kappa shape index (κ1) is 61.4. The number of para-hydroxylation sites is 1. The lowest BCUT2D eigenvalue weighted by molar-refractivity contribution is -0.659. The third kappa shape index (κ3) is 14.0. The number of aryl methyl sites for hydroxylation is 12. The van der Waals surface area contributed by atoms with Crippen LogP contribution in [0.4, 0.5) is 0 Å². The van der Waals surface area contributed by atoms with Gasteiger partial charge in [0.1, 0.15) is 47.0 Å². The standard InChI is InChI=1S/C33H36NS.C30H30NS.2C22H17N2S/c1-20-7-10-27(21(2)15-20)31-32-30(22(3)19-34(31)6)28-17-26-16-24(8-9-25(26)18-29(28)35-32)23-11-13-33(4,5)14-12-23;1-18-9-12-25(19(2)13-18)29-30-28(20(3)17-31(29)4)26-15-24-14-22(21-7-5-6-8-21)10-11-23(24)16-27(26)32-30;1-14-7-3-5-9-16(14)21-22-17(11-12-24(21)2)20-19(25-22)13-15-8-4-6-10-18(15)23-20;1-14-5-3-4-6-17(14)21-22-18(8-10-24(21)2)19-11-16-13-23-9-7-15(16)12-20(19)25-22/h7-10,15-19,23H,11-14H2,1-6H3;9-17,21H,5-8H2,1-4H3;2*3-13H,1-2H3/q4*+1/i1D3,3D3,23D;1D3,3D3,21D;;. The first-order valence-electron chi connectivity index (χ1n) is 47.4. The highest BCUT2D eigenvalue weighted by Crippen LogP contribution is 2.49. The fraction of sp³-hybridized carbons (Fsp3) is 0.234. The van der Waals surface area contributed by atoms with Gasteiger partial charge in [0.15, 0.2) is 24.8 Å². The summed E-state index contributed by atoms with van der Waals surface area (Å²) in [6.07, 6.45) is 19.1. The van der Waals surface area contributed by atoms with Crippen LogP contribution < -0.4 is 18.3 Å². The average Bonchev–Trinajstić information content (AvgIpc) is 1.58. The Morgan fingerprint density at radius 2 is 0.838 bits per heavy atom. The van der Waals surface area contributed by atoms with Crippen molar-refractivity contribution in [2.24, 2.45) is 33.6 Å². The Morgan fingerprint density at radius 3 is 1.38 bits per heavy atom. The highest BCUT2D eigenvalue weighted by Gasteiger charge is 2.31. The van der Waals surface area contributed by atoms with Crippen molar-refractivity contribution in [2.75, 3.05) is 0 Å². The molecule has 20 aromatic rings. The summed E-state index contributed by atoms with van der Waals surface area (Å²) >= 11 is 6.86. The Bertz CT molecular complexity index is 7850. The summed E-state index contributed by atoms with van der Waals surface area (Å²) in [6.45, 7) is 3.70. The molecular weight excluding hydrogens is 1500 g/mol. The van der Waals surface area contributed by atoms with E-state index in [-0.39, 0.29) is 16.5 Å². The van der Waals surface area contributed by atoms with Crippen LogP contribution in [-0.4, -0.2) is 9.97 Å². The highest BCUT2D eigenvalue weighted by atomic mass is 32.1. The molecule has 578 valence electrons. The average molecular weight is 1610 g/mol. The summed E-state index contributed by atoms with van der Waals surface area (Å²) < 4.78 is 133. The van der Waals surface area contributed by atoms with E-state index in [0.29, 0.717) is 11.1 Å². The molecule has 0 unspecified atom stereocenters. The number of nitrogens with zero attached hydrogens (tertiary/aromatic N) is 6. The summed E-state index contributed by atoms with van der Waals surface area (Å²) in [4.78, 5) is 9.23. The third-order valence-corrected chi connectivity index (χ3v) is 29.2. The van der Waals surface area contributed by atoms with Crippen molar-refractivity contribution in [1.82, 2.24) is 9.97 Å². The number of pyridine rings is 6. The van der Waals surface area contributed by atoms with Crippen LogP contribution in [0, 0.1) is 60.5 Å². The van der Waals surface area contributed by atoms with E-state index in [1.54, 1.807) is 59.3 Å². The molecule has 10 aromatic heterocycles. The minimum Gasteiger partial charge on any atom is -0.264 e. The monoisotopic (exact) mass is 1610 g/mol. The maximum atomic E-state index is 9.30. The lowest BCUT2D eigenvalue weighted by Crippen LogP contribution is -2.31. The largest absolute Gasteiger partial charge is 0.264 e. The first-order chi connectivity index (χ1) is 62.2. The topological polar surface area (TPSA) is 41.3 Å². The van der Waals surface area contributed by atoms with Crippen molar-refractivity contribution in [3.05, 3.63) is 299 Å². The van der Waals surface area contributed by atoms with E-state index in [4.69, 9.17) is 22.8 Å². The summed E-state index contributed by atoms with van der Waals surface area (Å²) in [7, 11) is 7.96. The molecule has 10 heteroatoms. The van der Waals surface area contributed by atoms with Gasteiger partial charge in [0.25, 0.3) is 0 Å². The lowest BCUT2D eigenvalue weighted by atomic mass is 9.71. The zero-order chi connectivity index (χ0) is 92.2. The van der Waals surface area contributed by atoms with Crippen LogP contribution in [0.25, 0.3) is 169 Å². The number of thiophene rings is 4. The van der Waals surface area contributed by atoms with Gasteiger partial charge in [-0.05, 0) is 250 Å². The van der Waals surface area contributed by atoms with Gasteiger partial charge < -0.3 is 0 Å². The first-order valence-corrected chi connectivity index (χ1v) is 43.7. The molecule has 2 aliphatic rings. The van der Waals surface area contributed by atoms with Crippen LogP contribution in [0.2, 0.25) is 0 Å². The van der Waals surface area contributed by atoms with Crippen molar-refractivity contribution in [2.45, 2.75) is 132 Å². The zero-order valence-corrected chi connectivity index (χ0v) is 70.8. The molecule has 10 aromatic carbocycles. The molecule has 0 saturated heterocycles. The number of benzene rings is 10. The SMILES string of the molecule is Cc1ccccc1-c1c2sc3cc4ccccc4nc3c2cc[n+]1C.Cc1ccccc1-c1c2sc3cc4ccncc4cc3c2cc[n+]1C.[2H]C([2H])([2H])c1ccc(-c2c3sc4cc5ccc(C6([2H])CCC(C)(C)CC6)cc5cc4c3c(C([2H])([2H])[2H])c[n+]2C)c(C)c1.[2H]C([2H])([2H])c1ccc(-c2c3sc4cc5ccc(C6([2H])CCCC6)cc5cc4c3c(C([2H])([2H])[2H])c[n+]2C)c(C)c1. The molecule has 0 atom stereocenters. The van der Waals surface area contributed by atoms with E-state index >= 15 is 0 Å². The molecule has 6 nitrogen and oxygen atoms in total. The molecular formula is C107H100N6S4+4. The molecule has 0 spiro atoms. The molecule has 0 radical (unpaired) electrons. The molecule has 2 aliphatic carbocycles. The number of fused-ring (bicyclic) bond motifs is 16. The van der Waals surface area contributed by atoms with Crippen LogP contribution in [0.5, 0.6) is 0 Å². The molecule has 2 saturated carbocycles. The molecule has 117 heavy (non-hydrogen) atoms. The van der Waals surface area contributed by atoms with Gasteiger partial charge in [-0.15, -0.1) is 45.3 Å². The van der Waals surface area contributed by atoms with Gasteiger partial charge in [-0.2, -0.15) is 18.3 Å². The fourth-order valence-electron chi connectivity index (χ4n) is 18.2. The van der Waals surface area contributed by atoms with Crippen molar-refractivity contribution < 1.29 is 37.5 Å². The van der Waals surface area contributed by atoms with Crippen molar-refractivity contribution in [3.8, 4) is 45.0 Å². The van der Waals surface area contributed by atoms with E-state index < -0.39 is 39.2 Å². The van der Waals surface area contributed by atoms with E-state index in [2.05, 4.69) is 238 Å². The zero-order valence-electron chi connectivity index (χ0n) is 81.6. The Labute approximate surface area is 722 Å². The Hall–Kier alpha value is -11.0. The van der Waals surface area contributed by atoms with E-state index in [0.717, 1.165) is 169 Å². The Morgan fingerprint density at radius 1 is 0.376 bits per heavy atom. The second-order valence-electron chi connectivity index (χ2n) is 33.0. The maximum Gasteiger partial charge on any atom is 0.230 e. The van der Waals surface area contributed by atoms with Crippen LogP contribution >= 0.6 is 45.3 Å². The minimum atomic E-state index is -2.32. The number of rotatable bonds is 6. The molecule has 2 fully saturated rings. The molecule has 0 amide bonds. The van der Waals surface area contributed by atoms with Gasteiger partial charge in [-0.3, -0.25) is 4.98 Å². The molecule has 10 heterocycles. The fourth-order valence-corrected chi connectivity index (χ4v) is 23.5. The Kier molecular flexibility index (Phi) is 16.0. The van der Waals surface area contributed by atoms with Gasteiger partial charge >= 0.3 is 0 Å². The summed E-state index contributed by atoms with van der Waals surface area (Å²) in [5, 5.41) is 14.9. The molecule has 0 bridgehead atoms. The van der Waals surface area contributed by atoms with Crippen molar-refractivity contribution in [3.63, 3.8) is 0 Å². The molecule has 0 aliphatic heterocycles. The lowest BCUT2D eigenvalue weighted by Gasteiger charge is -2.34. The number of hydrogen-bond donors (Lipinski definition) is 0. The predicted octanol–water partition coefficient (Wildman–Crippen LogP) is 28.4. The van der Waals surface area contributed by atoms with E-state index in [1.807, 2.05) is 84.3 Å². The maximum absolute atomic E-state index is 9.30. The minimum absolute atomic E-state index is 0.272. The van der Waals surface area contributed by atoms with Crippen LogP contribution in [0.3, 0.4) is 0 Å². The van der Waals surface area contributed by atoms with Crippen molar-refractivity contribution >= 4 is 169 Å². The second-order valence-corrected chi connectivity index (χ2v) is 37.3. The van der Waals surface area contributed by atoms with Gasteiger partial charge in [0.05, 0.1) is 38.0 Å². The van der Waals surface area contributed by atoms with Gasteiger partial charge in [-0.25, -0.2) is 4.98 Å². The summed E-state index contributed by atoms with van der Waals surface area (Å²) in [6, 6.07) is 70.4. The predicted molar refractivity (Wildman–Crippen MR) is 503 cm³/mol. The van der Waals surface area contributed by atoms with Gasteiger partial charge in [0, 0.05) is 117 Å². The highest BCUT2D eigenvalue weighted by molar-refractivity contribution is 7.27. The smallest absolute Gasteiger partial charge is 0.230 e. The molecule has 0 N–H and O–H groups in total. The van der Waals surface area contributed by atoms with Crippen LogP contribution in [0.1, 0.15) is 152 Å². The van der Waals surface area contributed by atoms with Crippen molar-refractivity contribution in [1.29, 1.82) is 0 Å². The molecule has 22 rings (SSSR count). The summed E-state index contributed by atoms with van der Waals surface area (Å²) in [5.74, 6) is -1.17. The second kappa shape index (κ2) is 30.5. The van der Waals surface area contributed by atoms with Gasteiger partial charge in [-0.1, -0.05) is 153 Å². The quantitative estimate of drug-likeness (QED) is 0.156. The van der Waals surface area contributed by atoms with Crippen LogP contribution in [-0.2, 0) is 28.2 Å². The van der Waals surface area contributed by atoms with Gasteiger partial charge in [0.2, 0.25) is 22.8 Å². The third-order valence-electron chi connectivity index (χ3n) is 24.6. The Balaban J connectivity index is 0.000000116. The normalized spacial score (nSPS) is 16.7. The number of hydrogen-bond acceptors (Lipinski definition) is 6. The number of aromatic nitrogens is 6. The van der Waals surface area contributed by atoms with E-state index in [9.17, 15) is 1.37 Å². The summed E-state index contributed by atoms with van der Waals surface area (Å²) in [5.41, 5.74) is 18.5.